The standard InChI is InChI=1S/C19H28F3NO2/c1-3-4-5-6-7-8-9-10-11-12-23-19(24)14-13-15(20)17(22)18(25-2)16(14)21/h13H,3-12H2,1-2H3,(H,23,24). The number of hydrogen-bond acceptors (Lipinski definition) is 2. The second-order valence-electron chi connectivity index (χ2n) is 6.15. The molecule has 0 atom stereocenters. The molecule has 1 N–H and O–H groups in total. The van der Waals surface area contributed by atoms with Gasteiger partial charge in [-0.05, 0) is 12.5 Å². The zero-order valence-electron chi connectivity index (χ0n) is 15.1. The monoisotopic (exact) mass is 359 g/mol. The minimum Gasteiger partial charge on any atom is -0.491 e. The summed E-state index contributed by atoms with van der Waals surface area (Å²) in [6.45, 7) is 2.56. The molecule has 0 radical (unpaired) electrons. The van der Waals surface area contributed by atoms with E-state index in [1.807, 2.05) is 0 Å². The molecule has 0 saturated heterocycles. The molecular formula is C19H28F3NO2. The van der Waals surface area contributed by atoms with Crippen LogP contribution in [0.5, 0.6) is 5.75 Å². The first-order chi connectivity index (χ1) is 12.0. The molecular weight excluding hydrogens is 331 g/mol. The number of carbonyl (C=O) groups is 1. The second-order valence-corrected chi connectivity index (χ2v) is 6.15. The van der Waals surface area contributed by atoms with Crippen molar-refractivity contribution in [2.45, 2.75) is 64.7 Å². The molecule has 6 heteroatoms. The van der Waals surface area contributed by atoms with Gasteiger partial charge in [0.25, 0.3) is 5.91 Å². The van der Waals surface area contributed by atoms with Crippen LogP contribution in [0.2, 0.25) is 0 Å². The number of nitrogens with one attached hydrogen (secondary N) is 1. The maximum Gasteiger partial charge on any atom is 0.254 e. The van der Waals surface area contributed by atoms with Crippen LogP contribution in [0.4, 0.5) is 13.2 Å². The molecule has 1 rings (SSSR count). The van der Waals surface area contributed by atoms with Crippen LogP contribution in [0.3, 0.4) is 0 Å². The van der Waals surface area contributed by atoms with Gasteiger partial charge in [-0.1, -0.05) is 58.3 Å². The summed E-state index contributed by atoms with van der Waals surface area (Å²) >= 11 is 0. The zero-order valence-corrected chi connectivity index (χ0v) is 15.1. The number of ether oxygens (including phenoxy) is 1. The molecule has 0 aliphatic carbocycles. The highest BCUT2D eigenvalue weighted by atomic mass is 19.2. The molecule has 3 nitrogen and oxygen atoms in total. The predicted molar refractivity (Wildman–Crippen MR) is 92.4 cm³/mol. The Morgan fingerprint density at radius 3 is 2.08 bits per heavy atom. The van der Waals surface area contributed by atoms with E-state index in [0.29, 0.717) is 12.6 Å². The van der Waals surface area contributed by atoms with Crippen LogP contribution in [-0.2, 0) is 0 Å². The average Bonchev–Trinajstić information content (AvgIpc) is 2.60. The van der Waals surface area contributed by atoms with Crippen molar-refractivity contribution in [3.8, 4) is 5.75 Å². The Kier molecular flexibility index (Phi) is 10.0. The van der Waals surface area contributed by atoms with Crippen LogP contribution in [0.25, 0.3) is 0 Å². The second kappa shape index (κ2) is 11.8. The van der Waals surface area contributed by atoms with E-state index in [9.17, 15) is 18.0 Å². The summed E-state index contributed by atoms with van der Waals surface area (Å²) in [6, 6.07) is 0.554. The number of halogens is 3. The molecule has 0 aliphatic rings. The largest absolute Gasteiger partial charge is 0.491 e. The van der Waals surface area contributed by atoms with Gasteiger partial charge in [-0.15, -0.1) is 0 Å². The average molecular weight is 359 g/mol. The molecule has 0 saturated carbocycles. The summed E-state index contributed by atoms with van der Waals surface area (Å²) in [6.07, 6.45) is 10.3. The van der Waals surface area contributed by atoms with E-state index in [4.69, 9.17) is 0 Å². The van der Waals surface area contributed by atoms with Crippen molar-refractivity contribution in [3.63, 3.8) is 0 Å². The van der Waals surface area contributed by atoms with E-state index in [0.717, 1.165) is 26.4 Å². The van der Waals surface area contributed by atoms with Gasteiger partial charge >= 0.3 is 0 Å². The van der Waals surface area contributed by atoms with Crippen molar-refractivity contribution in [1.29, 1.82) is 0 Å². The summed E-state index contributed by atoms with van der Waals surface area (Å²) in [5.74, 6) is -5.59. The Hall–Kier alpha value is -1.72. The highest BCUT2D eigenvalue weighted by Gasteiger charge is 2.23. The van der Waals surface area contributed by atoms with E-state index in [-0.39, 0.29) is 0 Å². The van der Waals surface area contributed by atoms with Gasteiger partial charge in [0.05, 0.1) is 12.7 Å². The summed E-state index contributed by atoms with van der Waals surface area (Å²) in [7, 11) is 1.02. The maximum atomic E-state index is 14.0. The van der Waals surface area contributed by atoms with Crippen LogP contribution in [0, 0.1) is 17.5 Å². The van der Waals surface area contributed by atoms with E-state index in [1.165, 1.54) is 38.5 Å². The lowest BCUT2D eigenvalue weighted by molar-refractivity contribution is 0.0947. The van der Waals surface area contributed by atoms with E-state index in [1.54, 1.807) is 0 Å². The normalized spacial score (nSPS) is 10.8. The third kappa shape index (κ3) is 6.96. The number of carbonyl (C=O) groups excluding carboxylic acids is 1. The molecule has 142 valence electrons. The number of unbranched alkanes of at least 4 members (excludes halogenated alkanes) is 8. The minimum absolute atomic E-state index is 0.370. The van der Waals surface area contributed by atoms with Gasteiger partial charge in [-0.3, -0.25) is 4.79 Å². The zero-order chi connectivity index (χ0) is 18.7. The van der Waals surface area contributed by atoms with Gasteiger partial charge in [0.2, 0.25) is 5.82 Å². The Morgan fingerprint density at radius 2 is 1.52 bits per heavy atom. The molecule has 0 unspecified atom stereocenters. The molecule has 1 aromatic carbocycles. The molecule has 1 aromatic rings. The fourth-order valence-corrected chi connectivity index (χ4v) is 2.66. The molecule has 0 heterocycles. The molecule has 0 aliphatic heterocycles. The highest BCUT2D eigenvalue weighted by molar-refractivity contribution is 5.95. The van der Waals surface area contributed by atoms with Gasteiger partial charge in [0.1, 0.15) is 0 Å². The number of benzene rings is 1. The molecule has 0 spiro atoms. The van der Waals surface area contributed by atoms with Gasteiger partial charge < -0.3 is 10.1 Å². The lowest BCUT2D eigenvalue weighted by atomic mass is 10.1. The molecule has 0 fully saturated rings. The third-order valence-electron chi connectivity index (χ3n) is 4.13. The SMILES string of the molecule is CCCCCCCCCCCNC(=O)c1cc(F)c(F)c(OC)c1F. The molecule has 0 aromatic heterocycles. The lowest BCUT2D eigenvalue weighted by Crippen LogP contribution is -2.26. The minimum atomic E-state index is -1.43. The Bertz CT molecular complexity index is 550. The van der Waals surface area contributed by atoms with Gasteiger partial charge in [-0.2, -0.15) is 4.39 Å². The first kappa shape index (κ1) is 21.3. The van der Waals surface area contributed by atoms with E-state index < -0.39 is 34.7 Å². The summed E-state index contributed by atoms with van der Waals surface area (Å²) < 4.78 is 45.2. The topological polar surface area (TPSA) is 38.3 Å². The summed E-state index contributed by atoms with van der Waals surface area (Å²) in [5.41, 5.74) is -0.549. The Labute approximate surface area is 147 Å². The lowest BCUT2D eigenvalue weighted by Gasteiger charge is -2.10. The van der Waals surface area contributed by atoms with Crippen LogP contribution in [0.1, 0.15) is 75.1 Å². The molecule has 25 heavy (non-hydrogen) atoms. The number of hydrogen-bond donors (Lipinski definition) is 1. The Balaban J connectivity index is 2.30. The predicted octanol–water partition coefficient (Wildman–Crippen LogP) is 5.37. The van der Waals surface area contributed by atoms with Crippen LogP contribution >= 0.6 is 0 Å². The molecule has 1 amide bonds. The number of rotatable bonds is 12. The van der Waals surface area contributed by atoms with Crippen molar-refractivity contribution in [3.05, 3.63) is 29.1 Å². The molecule has 0 bridgehead atoms. The summed E-state index contributed by atoms with van der Waals surface area (Å²) in [5, 5.41) is 2.53. The van der Waals surface area contributed by atoms with E-state index >= 15 is 0 Å². The first-order valence-corrected chi connectivity index (χ1v) is 9.02. The van der Waals surface area contributed by atoms with Crippen LogP contribution in [0.15, 0.2) is 6.07 Å². The quantitative estimate of drug-likeness (QED) is 0.402. The maximum absolute atomic E-state index is 14.0. The third-order valence-corrected chi connectivity index (χ3v) is 4.13. The van der Waals surface area contributed by atoms with Crippen LogP contribution in [-0.4, -0.2) is 19.6 Å². The fraction of sp³-hybridized carbons (Fsp3) is 0.632. The fourth-order valence-electron chi connectivity index (χ4n) is 2.66. The van der Waals surface area contributed by atoms with Gasteiger partial charge in [0, 0.05) is 6.54 Å². The van der Waals surface area contributed by atoms with E-state index in [2.05, 4.69) is 17.0 Å². The van der Waals surface area contributed by atoms with Crippen molar-refractivity contribution in [2.75, 3.05) is 13.7 Å². The number of methoxy groups -OCH3 is 1. The smallest absolute Gasteiger partial charge is 0.254 e. The van der Waals surface area contributed by atoms with Gasteiger partial charge in [0.15, 0.2) is 17.4 Å². The van der Waals surface area contributed by atoms with Crippen molar-refractivity contribution in [1.82, 2.24) is 5.32 Å². The van der Waals surface area contributed by atoms with Crippen molar-refractivity contribution >= 4 is 5.91 Å². The first-order valence-electron chi connectivity index (χ1n) is 9.02. The Morgan fingerprint density at radius 1 is 0.960 bits per heavy atom. The van der Waals surface area contributed by atoms with Gasteiger partial charge in [-0.25, -0.2) is 8.78 Å². The van der Waals surface area contributed by atoms with Crippen molar-refractivity contribution in [2.24, 2.45) is 0 Å². The van der Waals surface area contributed by atoms with Crippen molar-refractivity contribution < 1.29 is 22.7 Å². The highest BCUT2D eigenvalue weighted by Crippen LogP contribution is 2.26. The van der Waals surface area contributed by atoms with Crippen LogP contribution < -0.4 is 10.1 Å². The number of amides is 1. The summed E-state index contributed by atoms with van der Waals surface area (Å²) in [4.78, 5) is 11.9.